The molecule has 0 aliphatic carbocycles. The van der Waals surface area contributed by atoms with Crippen LogP contribution in [0.2, 0.25) is 0 Å². The van der Waals surface area contributed by atoms with Gasteiger partial charge in [-0.25, -0.2) is 0 Å². The Hall–Kier alpha value is -2.80. The van der Waals surface area contributed by atoms with Crippen molar-refractivity contribution < 1.29 is 5.11 Å². The van der Waals surface area contributed by atoms with Gasteiger partial charge in [0.1, 0.15) is 5.75 Å². The molecule has 3 aromatic carbocycles. The Morgan fingerprint density at radius 2 is 1.25 bits per heavy atom. The molecule has 3 aromatic rings. The molecule has 0 heterocycles. The molecule has 24 heavy (non-hydrogen) atoms. The highest BCUT2D eigenvalue weighted by molar-refractivity contribution is 5.98. The van der Waals surface area contributed by atoms with Gasteiger partial charge >= 0.3 is 0 Å². The lowest BCUT2D eigenvalue weighted by atomic mass is 9.88. The summed E-state index contributed by atoms with van der Waals surface area (Å²) in [6.45, 7) is 4.29. The highest BCUT2D eigenvalue weighted by Gasteiger charge is 2.12. The largest absolute Gasteiger partial charge is 0.508 e. The maximum atomic E-state index is 9.64. The predicted octanol–water partition coefficient (Wildman–Crippen LogP) is 6.07. The van der Waals surface area contributed by atoms with Crippen LogP contribution in [0.3, 0.4) is 0 Å². The van der Waals surface area contributed by atoms with Crippen molar-refractivity contribution in [3.63, 3.8) is 0 Å². The van der Waals surface area contributed by atoms with Gasteiger partial charge in [-0.1, -0.05) is 79.2 Å². The zero-order chi connectivity index (χ0) is 16.9. The van der Waals surface area contributed by atoms with Crippen LogP contribution >= 0.6 is 0 Å². The van der Waals surface area contributed by atoms with Crippen LogP contribution in [-0.2, 0) is 0 Å². The fraction of sp³-hybridized carbons (Fsp3) is 0.130. The zero-order valence-electron chi connectivity index (χ0n) is 14.2. The van der Waals surface area contributed by atoms with Crippen molar-refractivity contribution in [1.82, 2.24) is 0 Å². The maximum Gasteiger partial charge on any atom is 0.115 e. The number of hydrogen-bond donors (Lipinski definition) is 1. The molecule has 0 aliphatic heterocycles. The second-order valence-corrected chi connectivity index (χ2v) is 5.99. The molecular formula is C23H22O. The van der Waals surface area contributed by atoms with Gasteiger partial charge in [-0.2, -0.15) is 0 Å². The van der Waals surface area contributed by atoms with Gasteiger partial charge in [0.2, 0.25) is 0 Å². The van der Waals surface area contributed by atoms with Crippen LogP contribution in [0.4, 0.5) is 0 Å². The van der Waals surface area contributed by atoms with E-state index < -0.39 is 0 Å². The Labute approximate surface area is 143 Å². The lowest BCUT2D eigenvalue weighted by Crippen LogP contribution is -1.95. The summed E-state index contributed by atoms with van der Waals surface area (Å²) in [6.07, 6.45) is 0.939. The van der Waals surface area contributed by atoms with Gasteiger partial charge in [-0.15, -0.1) is 0 Å². The van der Waals surface area contributed by atoms with Crippen LogP contribution in [0.5, 0.6) is 5.75 Å². The zero-order valence-corrected chi connectivity index (χ0v) is 14.2. The first-order valence-electron chi connectivity index (χ1n) is 8.34. The quantitative estimate of drug-likeness (QED) is 0.579. The molecule has 0 unspecified atom stereocenters. The Morgan fingerprint density at radius 3 is 1.79 bits per heavy atom. The van der Waals surface area contributed by atoms with Crippen molar-refractivity contribution in [2.24, 2.45) is 0 Å². The van der Waals surface area contributed by atoms with E-state index in [-0.39, 0.29) is 0 Å². The van der Waals surface area contributed by atoms with Crippen molar-refractivity contribution in [1.29, 1.82) is 0 Å². The van der Waals surface area contributed by atoms with Crippen molar-refractivity contribution in [3.8, 4) is 5.75 Å². The summed E-state index contributed by atoms with van der Waals surface area (Å²) in [7, 11) is 0. The van der Waals surface area contributed by atoms with E-state index in [4.69, 9.17) is 0 Å². The minimum atomic E-state index is 0.291. The first-order valence-corrected chi connectivity index (χ1v) is 8.34. The molecule has 3 rings (SSSR count). The van der Waals surface area contributed by atoms with E-state index in [1.54, 1.807) is 12.1 Å². The van der Waals surface area contributed by atoms with Crippen molar-refractivity contribution in [3.05, 3.63) is 101 Å². The van der Waals surface area contributed by atoms with Crippen LogP contribution in [0, 0.1) is 6.92 Å². The third-order valence-corrected chi connectivity index (χ3v) is 4.27. The molecule has 1 heteroatoms. The smallest absolute Gasteiger partial charge is 0.115 e. The van der Waals surface area contributed by atoms with Crippen LogP contribution < -0.4 is 0 Å². The highest BCUT2D eigenvalue weighted by atomic mass is 16.3. The van der Waals surface area contributed by atoms with Gasteiger partial charge in [0, 0.05) is 0 Å². The number of rotatable bonds is 4. The molecule has 0 aliphatic rings. The minimum absolute atomic E-state index is 0.291. The summed E-state index contributed by atoms with van der Waals surface area (Å²) in [4.78, 5) is 0. The Balaban J connectivity index is 2.26. The predicted molar refractivity (Wildman–Crippen MR) is 102 cm³/mol. The summed E-state index contributed by atoms with van der Waals surface area (Å²) in [6, 6.07) is 26.6. The monoisotopic (exact) mass is 314 g/mol. The number of phenolic OH excluding ortho intramolecular Hbond substituents is 1. The first-order chi connectivity index (χ1) is 11.7. The Morgan fingerprint density at radius 1 is 0.708 bits per heavy atom. The molecule has 0 atom stereocenters. The van der Waals surface area contributed by atoms with Crippen LogP contribution in [-0.4, -0.2) is 5.11 Å². The standard InChI is InChI=1S/C23H22O/c1-3-22(18-7-5-4-6-8-18)23(19-11-9-17(2)10-12-19)20-13-15-21(24)16-14-20/h4-16,24H,3H2,1-2H3. The van der Waals surface area contributed by atoms with E-state index in [0.717, 1.165) is 12.0 Å². The molecule has 0 aromatic heterocycles. The fourth-order valence-corrected chi connectivity index (χ4v) is 3.03. The van der Waals surface area contributed by atoms with E-state index in [2.05, 4.69) is 62.4 Å². The van der Waals surface area contributed by atoms with Crippen molar-refractivity contribution in [2.75, 3.05) is 0 Å². The average Bonchev–Trinajstić information content (AvgIpc) is 2.62. The van der Waals surface area contributed by atoms with Gasteiger partial charge in [0.25, 0.3) is 0 Å². The van der Waals surface area contributed by atoms with Gasteiger partial charge in [0.05, 0.1) is 0 Å². The van der Waals surface area contributed by atoms with Crippen LogP contribution in [0.1, 0.15) is 35.6 Å². The third-order valence-electron chi connectivity index (χ3n) is 4.27. The Kier molecular flexibility index (Phi) is 4.81. The van der Waals surface area contributed by atoms with Gasteiger partial charge in [-0.05, 0) is 53.3 Å². The van der Waals surface area contributed by atoms with Crippen LogP contribution in [0.15, 0.2) is 78.9 Å². The topological polar surface area (TPSA) is 20.2 Å². The lowest BCUT2D eigenvalue weighted by molar-refractivity contribution is 0.475. The summed E-state index contributed by atoms with van der Waals surface area (Å²) in [5.74, 6) is 0.291. The average molecular weight is 314 g/mol. The number of benzene rings is 3. The van der Waals surface area contributed by atoms with Gasteiger partial charge in [0.15, 0.2) is 0 Å². The molecule has 0 saturated carbocycles. The van der Waals surface area contributed by atoms with E-state index in [1.807, 2.05) is 18.2 Å². The number of allylic oxidation sites excluding steroid dienone is 1. The van der Waals surface area contributed by atoms with E-state index in [1.165, 1.54) is 27.8 Å². The third kappa shape index (κ3) is 3.41. The SMILES string of the molecule is CCC(=C(c1ccc(C)cc1)c1ccc(O)cc1)c1ccccc1. The first kappa shape index (κ1) is 16.1. The Bertz CT molecular complexity index is 778. The molecule has 120 valence electrons. The minimum Gasteiger partial charge on any atom is -0.508 e. The second-order valence-electron chi connectivity index (χ2n) is 5.99. The molecule has 0 fully saturated rings. The summed E-state index contributed by atoms with van der Waals surface area (Å²) < 4.78 is 0. The van der Waals surface area contributed by atoms with Crippen molar-refractivity contribution >= 4 is 11.1 Å². The van der Waals surface area contributed by atoms with Gasteiger partial charge < -0.3 is 5.11 Å². The molecular weight excluding hydrogens is 292 g/mol. The van der Waals surface area contributed by atoms with E-state index >= 15 is 0 Å². The summed E-state index contributed by atoms with van der Waals surface area (Å²) in [5, 5.41) is 9.64. The maximum absolute atomic E-state index is 9.64. The highest BCUT2D eigenvalue weighted by Crippen LogP contribution is 2.34. The number of hydrogen-bond acceptors (Lipinski definition) is 1. The number of aryl methyl sites for hydroxylation is 1. The van der Waals surface area contributed by atoms with E-state index in [9.17, 15) is 5.11 Å². The van der Waals surface area contributed by atoms with Crippen LogP contribution in [0.25, 0.3) is 11.1 Å². The molecule has 1 nitrogen and oxygen atoms in total. The van der Waals surface area contributed by atoms with E-state index in [0.29, 0.717) is 5.75 Å². The molecule has 0 saturated heterocycles. The molecule has 0 spiro atoms. The summed E-state index contributed by atoms with van der Waals surface area (Å²) in [5.41, 5.74) is 7.35. The molecule has 0 bridgehead atoms. The fourth-order valence-electron chi connectivity index (χ4n) is 3.03. The molecule has 1 N–H and O–H groups in total. The number of aromatic hydroxyl groups is 1. The normalized spacial score (nSPS) is 11.9. The number of phenols is 1. The van der Waals surface area contributed by atoms with Gasteiger partial charge in [-0.3, -0.25) is 0 Å². The molecule has 0 radical (unpaired) electrons. The second kappa shape index (κ2) is 7.18. The van der Waals surface area contributed by atoms with Crippen molar-refractivity contribution in [2.45, 2.75) is 20.3 Å². The summed E-state index contributed by atoms with van der Waals surface area (Å²) >= 11 is 0. The lowest BCUT2D eigenvalue weighted by Gasteiger charge is -2.16. The molecule has 0 amide bonds.